The largest absolute Gasteiger partial charge is 0.417 e. The molecule has 1 aromatic carbocycles. The van der Waals surface area contributed by atoms with Crippen molar-refractivity contribution in [2.45, 2.75) is 57.5 Å². The Morgan fingerprint density at radius 1 is 1.31 bits per heavy atom. The molecule has 4 unspecified atom stereocenters. The van der Waals surface area contributed by atoms with Crippen LogP contribution >= 0.6 is 11.6 Å². The summed E-state index contributed by atoms with van der Waals surface area (Å²) in [5.41, 5.74) is -1.79. The highest BCUT2D eigenvalue weighted by Crippen LogP contribution is 2.42. The average Bonchev–Trinajstić information content (AvgIpc) is 2.45. The maximum absolute atomic E-state index is 12.9. The number of hydrogen-bond acceptors (Lipinski definition) is 2. The van der Waals surface area contributed by atoms with Gasteiger partial charge < -0.3 is 15.4 Å². The highest BCUT2D eigenvalue weighted by molar-refractivity contribution is 6.31. The van der Waals surface area contributed by atoms with E-state index in [1.54, 1.807) is 0 Å². The van der Waals surface area contributed by atoms with Gasteiger partial charge in [0.2, 0.25) is 0 Å². The van der Waals surface area contributed by atoms with Crippen molar-refractivity contribution in [3.63, 3.8) is 0 Å². The van der Waals surface area contributed by atoms with Crippen LogP contribution in [0.3, 0.4) is 0 Å². The van der Waals surface area contributed by atoms with Crippen LogP contribution in [0.2, 0.25) is 5.02 Å². The summed E-state index contributed by atoms with van der Waals surface area (Å²) in [5.74, 6) is 1.09. The van der Waals surface area contributed by atoms with E-state index in [2.05, 4.69) is 17.6 Å². The number of halogens is 4. The second-order valence-corrected chi connectivity index (χ2v) is 8.03. The van der Waals surface area contributed by atoms with Gasteiger partial charge in [-0.2, -0.15) is 13.2 Å². The predicted molar refractivity (Wildman–Crippen MR) is 93.0 cm³/mol. The molecule has 1 heterocycles. The number of rotatable bonds is 2. The quantitative estimate of drug-likeness (QED) is 0.708. The summed E-state index contributed by atoms with van der Waals surface area (Å²) in [6.07, 6.45) is -0.731. The fourth-order valence-electron chi connectivity index (χ4n) is 4.21. The Kier molecular flexibility index (Phi) is 5.14. The molecular formula is C18H22ClF3N2O2. The fourth-order valence-corrected chi connectivity index (χ4v) is 4.44. The minimum absolute atomic E-state index is 0.0208. The Balaban J connectivity index is 1.66. The molecule has 2 N–H and O–H groups in total. The van der Waals surface area contributed by atoms with Crippen molar-refractivity contribution in [2.75, 3.05) is 5.32 Å². The Morgan fingerprint density at radius 3 is 2.69 bits per heavy atom. The Morgan fingerprint density at radius 2 is 2.04 bits per heavy atom. The highest BCUT2D eigenvalue weighted by Gasteiger charge is 2.42. The van der Waals surface area contributed by atoms with E-state index in [-0.39, 0.29) is 11.8 Å². The Hall–Kier alpha value is -1.47. The molecule has 0 aromatic heterocycles. The van der Waals surface area contributed by atoms with E-state index >= 15 is 0 Å². The van der Waals surface area contributed by atoms with E-state index in [4.69, 9.17) is 16.3 Å². The number of anilines is 1. The first kappa shape index (κ1) is 19.3. The molecular weight excluding hydrogens is 369 g/mol. The molecule has 4 nitrogen and oxygen atoms in total. The molecule has 3 rings (SSSR count). The summed E-state index contributed by atoms with van der Waals surface area (Å²) in [6.45, 7) is 4.01. The number of nitrogens with one attached hydrogen (secondary N) is 2. The van der Waals surface area contributed by atoms with Crippen LogP contribution in [0.15, 0.2) is 18.2 Å². The molecule has 4 atom stereocenters. The molecule has 2 aliphatic rings. The summed E-state index contributed by atoms with van der Waals surface area (Å²) in [5, 5.41) is 4.80. The van der Waals surface area contributed by atoms with Crippen LogP contribution in [-0.2, 0) is 10.9 Å². The summed E-state index contributed by atoms with van der Waals surface area (Å²) in [6, 6.07) is 2.67. The number of ether oxygens (including phenoxy) is 1. The molecule has 8 heteroatoms. The van der Waals surface area contributed by atoms with E-state index < -0.39 is 28.5 Å². The third kappa shape index (κ3) is 4.43. The lowest BCUT2D eigenvalue weighted by Gasteiger charge is -2.47. The number of carbonyl (C=O) groups excluding carboxylic acids is 1. The summed E-state index contributed by atoms with van der Waals surface area (Å²) >= 11 is 5.59. The van der Waals surface area contributed by atoms with Crippen molar-refractivity contribution in [3.8, 4) is 0 Å². The minimum Gasteiger partial charge on any atom is -0.353 e. The topological polar surface area (TPSA) is 50.4 Å². The van der Waals surface area contributed by atoms with Gasteiger partial charge in [0, 0.05) is 5.69 Å². The van der Waals surface area contributed by atoms with Gasteiger partial charge in [0.15, 0.2) is 0 Å². The summed E-state index contributed by atoms with van der Waals surface area (Å²) in [4.78, 5) is 12.3. The number of carbonyl (C=O) groups is 1. The normalized spacial score (nSPS) is 31.4. The number of amides is 2. The lowest BCUT2D eigenvalue weighted by Crippen LogP contribution is -2.56. The SMILES string of the molecule is CC1CC2CC(C1)OC(C)(NC(=O)Nc1ccc(Cl)c(C(F)(F)F)c1)C2. The van der Waals surface area contributed by atoms with Crippen LogP contribution in [-0.4, -0.2) is 17.9 Å². The molecule has 1 aliphatic heterocycles. The molecule has 1 saturated carbocycles. The van der Waals surface area contributed by atoms with Gasteiger partial charge in [-0.15, -0.1) is 0 Å². The first-order valence-electron chi connectivity index (χ1n) is 8.68. The third-order valence-corrected chi connectivity index (χ3v) is 5.34. The van der Waals surface area contributed by atoms with Crippen molar-refractivity contribution in [1.29, 1.82) is 0 Å². The summed E-state index contributed by atoms with van der Waals surface area (Å²) < 4.78 is 44.8. The van der Waals surface area contributed by atoms with Crippen molar-refractivity contribution < 1.29 is 22.7 Å². The van der Waals surface area contributed by atoms with E-state index in [0.29, 0.717) is 18.3 Å². The molecule has 26 heavy (non-hydrogen) atoms. The van der Waals surface area contributed by atoms with Crippen LogP contribution in [0.4, 0.5) is 23.7 Å². The van der Waals surface area contributed by atoms with Crippen molar-refractivity contribution in [3.05, 3.63) is 28.8 Å². The van der Waals surface area contributed by atoms with Gasteiger partial charge in [-0.05, 0) is 62.6 Å². The van der Waals surface area contributed by atoms with Gasteiger partial charge in [-0.25, -0.2) is 4.79 Å². The smallest absolute Gasteiger partial charge is 0.353 e. The van der Waals surface area contributed by atoms with Crippen molar-refractivity contribution in [2.24, 2.45) is 11.8 Å². The van der Waals surface area contributed by atoms with Gasteiger partial charge in [0.1, 0.15) is 5.72 Å². The van der Waals surface area contributed by atoms with Crippen molar-refractivity contribution in [1.82, 2.24) is 5.32 Å². The first-order chi connectivity index (χ1) is 12.0. The van der Waals surface area contributed by atoms with Crippen LogP contribution in [0.1, 0.15) is 45.1 Å². The maximum Gasteiger partial charge on any atom is 0.417 e. The van der Waals surface area contributed by atoms with Crippen LogP contribution < -0.4 is 10.6 Å². The zero-order valence-electron chi connectivity index (χ0n) is 14.6. The van der Waals surface area contributed by atoms with Crippen LogP contribution in [0.5, 0.6) is 0 Å². The number of fused-ring (bicyclic) bond motifs is 2. The molecule has 2 amide bonds. The molecule has 0 radical (unpaired) electrons. The van der Waals surface area contributed by atoms with Gasteiger partial charge in [0.05, 0.1) is 16.7 Å². The van der Waals surface area contributed by atoms with Gasteiger partial charge in [0.25, 0.3) is 0 Å². The maximum atomic E-state index is 12.9. The molecule has 0 spiro atoms. The van der Waals surface area contributed by atoms with Gasteiger partial charge in [-0.1, -0.05) is 18.5 Å². The lowest BCUT2D eigenvalue weighted by molar-refractivity contribution is -0.168. The van der Waals surface area contributed by atoms with Gasteiger partial charge in [-0.3, -0.25) is 0 Å². The monoisotopic (exact) mass is 390 g/mol. The molecule has 144 valence electrons. The number of alkyl halides is 3. The average molecular weight is 391 g/mol. The zero-order valence-corrected chi connectivity index (χ0v) is 15.4. The zero-order chi connectivity index (χ0) is 19.1. The van der Waals surface area contributed by atoms with E-state index in [1.807, 2.05) is 6.92 Å². The Labute approximate surface area is 155 Å². The van der Waals surface area contributed by atoms with E-state index in [0.717, 1.165) is 31.4 Å². The lowest BCUT2D eigenvalue weighted by atomic mass is 9.75. The number of benzene rings is 1. The molecule has 1 aliphatic carbocycles. The predicted octanol–water partition coefficient (Wildman–Crippen LogP) is 5.42. The van der Waals surface area contributed by atoms with Crippen LogP contribution in [0.25, 0.3) is 0 Å². The molecule has 2 fully saturated rings. The number of hydrogen-bond donors (Lipinski definition) is 2. The van der Waals surface area contributed by atoms with E-state index in [1.165, 1.54) is 6.07 Å². The third-order valence-electron chi connectivity index (χ3n) is 5.01. The van der Waals surface area contributed by atoms with Crippen LogP contribution in [0, 0.1) is 11.8 Å². The minimum atomic E-state index is -4.59. The van der Waals surface area contributed by atoms with Crippen molar-refractivity contribution >= 4 is 23.3 Å². The first-order valence-corrected chi connectivity index (χ1v) is 9.05. The van der Waals surface area contributed by atoms with E-state index in [9.17, 15) is 18.0 Å². The fraction of sp³-hybridized carbons (Fsp3) is 0.611. The second-order valence-electron chi connectivity index (χ2n) is 7.62. The van der Waals surface area contributed by atoms with Gasteiger partial charge >= 0.3 is 12.2 Å². The molecule has 2 bridgehead atoms. The summed E-state index contributed by atoms with van der Waals surface area (Å²) in [7, 11) is 0. The second kappa shape index (κ2) is 6.93. The molecule has 1 saturated heterocycles. The number of urea groups is 1. The standard InChI is InChI=1S/C18H22ClF3N2O2/c1-10-5-11-7-13(6-10)26-17(2,9-11)24-16(25)23-12-3-4-15(19)14(8-12)18(20,21)22/h3-4,8,10-11,13H,5-7,9H2,1-2H3,(H2,23,24,25). The Bertz CT molecular complexity index is 678. The molecule has 1 aromatic rings. The highest BCUT2D eigenvalue weighted by atomic mass is 35.5.